The maximum absolute atomic E-state index is 12.7. The van der Waals surface area contributed by atoms with Crippen LogP contribution < -0.4 is 10.9 Å². The zero-order valence-electron chi connectivity index (χ0n) is 19.7. The fraction of sp³-hybridized carbons (Fsp3) is 0.308. The highest BCUT2D eigenvalue weighted by Crippen LogP contribution is 2.28. The molecule has 3 heterocycles. The Morgan fingerprint density at radius 1 is 1.09 bits per heavy atom. The Morgan fingerprint density at radius 3 is 2.52 bits per heavy atom. The van der Waals surface area contributed by atoms with Crippen LogP contribution in [0.25, 0.3) is 34.0 Å². The summed E-state index contributed by atoms with van der Waals surface area (Å²) < 4.78 is 7.41. The van der Waals surface area contributed by atoms with Gasteiger partial charge in [0.1, 0.15) is 11.4 Å². The smallest absolute Gasteiger partial charge is 0.253 e. The first-order valence-corrected chi connectivity index (χ1v) is 11.2. The molecule has 0 bridgehead atoms. The molecule has 33 heavy (non-hydrogen) atoms. The molecule has 4 aromatic rings. The minimum atomic E-state index is 0.0390. The third kappa shape index (κ3) is 4.64. The highest BCUT2D eigenvalue weighted by molar-refractivity contribution is 5.68. The number of nitrogens with one attached hydrogen (secondary N) is 1. The van der Waals surface area contributed by atoms with Crippen LogP contribution in [0, 0.1) is 6.92 Å². The molecule has 0 amide bonds. The molecule has 170 valence electrons. The third-order valence-electron chi connectivity index (χ3n) is 5.68. The number of benzene rings is 1. The third-order valence-corrected chi connectivity index (χ3v) is 5.68. The number of hydrogen-bond donors (Lipinski definition) is 1. The second-order valence-corrected chi connectivity index (χ2v) is 8.41. The fourth-order valence-electron chi connectivity index (χ4n) is 3.78. The van der Waals surface area contributed by atoms with E-state index in [1.807, 2.05) is 65.2 Å². The lowest BCUT2D eigenvalue weighted by Gasteiger charge is -2.14. The van der Waals surface area contributed by atoms with Gasteiger partial charge in [-0.3, -0.25) is 9.78 Å². The van der Waals surface area contributed by atoms with Crippen molar-refractivity contribution in [3.63, 3.8) is 0 Å². The van der Waals surface area contributed by atoms with Crippen LogP contribution in [-0.4, -0.2) is 26.7 Å². The van der Waals surface area contributed by atoms with Gasteiger partial charge < -0.3 is 14.4 Å². The van der Waals surface area contributed by atoms with Crippen molar-refractivity contribution in [1.82, 2.24) is 25.0 Å². The number of aromatic nitrogens is 4. The lowest BCUT2D eigenvalue weighted by atomic mass is 10.1. The maximum Gasteiger partial charge on any atom is 0.253 e. The van der Waals surface area contributed by atoms with Gasteiger partial charge in [-0.15, -0.1) is 0 Å². The van der Waals surface area contributed by atoms with E-state index in [2.05, 4.69) is 27.6 Å². The van der Waals surface area contributed by atoms with Crippen molar-refractivity contribution in [3.05, 3.63) is 76.0 Å². The highest BCUT2D eigenvalue weighted by Gasteiger charge is 2.16. The van der Waals surface area contributed by atoms with Crippen LogP contribution in [-0.2, 0) is 13.0 Å². The fourth-order valence-corrected chi connectivity index (χ4v) is 3.78. The Morgan fingerprint density at radius 2 is 1.85 bits per heavy atom. The lowest BCUT2D eigenvalue weighted by molar-refractivity contribution is 0.433. The second kappa shape index (κ2) is 9.50. The van der Waals surface area contributed by atoms with Gasteiger partial charge in [0.2, 0.25) is 0 Å². The van der Waals surface area contributed by atoms with Gasteiger partial charge in [-0.2, -0.15) is 0 Å². The lowest BCUT2D eigenvalue weighted by Crippen LogP contribution is -2.24. The molecule has 0 saturated heterocycles. The van der Waals surface area contributed by atoms with Crippen LogP contribution in [0.5, 0.6) is 0 Å². The monoisotopic (exact) mass is 443 g/mol. The van der Waals surface area contributed by atoms with Gasteiger partial charge in [0.15, 0.2) is 5.76 Å². The zero-order valence-corrected chi connectivity index (χ0v) is 19.7. The van der Waals surface area contributed by atoms with E-state index >= 15 is 0 Å². The number of pyridine rings is 1. The highest BCUT2D eigenvalue weighted by atomic mass is 16.5. The quantitative estimate of drug-likeness (QED) is 0.442. The molecule has 7 nitrogen and oxygen atoms in total. The minimum Gasteiger partial charge on any atom is -0.354 e. The molecule has 3 aromatic heterocycles. The van der Waals surface area contributed by atoms with E-state index in [4.69, 9.17) is 9.51 Å². The zero-order chi connectivity index (χ0) is 23.5. The molecule has 0 aliphatic heterocycles. The molecule has 4 rings (SSSR count). The summed E-state index contributed by atoms with van der Waals surface area (Å²) in [6.07, 6.45) is 4.25. The van der Waals surface area contributed by atoms with Crippen molar-refractivity contribution >= 4 is 0 Å². The van der Waals surface area contributed by atoms with E-state index in [0.29, 0.717) is 23.6 Å². The van der Waals surface area contributed by atoms with Gasteiger partial charge in [0.05, 0.1) is 17.6 Å². The Balaban J connectivity index is 1.72. The summed E-state index contributed by atoms with van der Waals surface area (Å²) in [5.41, 5.74) is 6.65. The Hall–Kier alpha value is -3.58. The first-order valence-electron chi connectivity index (χ1n) is 11.2. The van der Waals surface area contributed by atoms with E-state index in [0.717, 1.165) is 34.6 Å². The van der Waals surface area contributed by atoms with Crippen LogP contribution in [0.15, 0.2) is 58.1 Å². The molecular formula is C26H29N5O2. The summed E-state index contributed by atoms with van der Waals surface area (Å²) in [6, 6.07) is 12.1. The van der Waals surface area contributed by atoms with Crippen LogP contribution >= 0.6 is 0 Å². The molecular weight excluding hydrogens is 414 g/mol. The van der Waals surface area contributed by atoms with Crippen LogP contribution in [0.1, 0.15) is 43.6 Å². The predicted octanol–water partition coefficient (Wildman–Crippen LogP) is 4.80. The first-order chi connectivity index (χ1) is 15.9. The van der Waals surface area contributed by atoms with Crippen molar-refractivity contribution in [2.24, 2.45) is 0 Å². The standard InChI is InChI=1S/C26H29N5O2/c1-6-19-11-21(15-31(16(2)3)26(19)32)23-14-28-17(4)25(29-23)24-12-22(30-33-24)20-9-7-18(8-10-20)13-27-5/h7-12,14-16,27H,6,13H2,1-5H3. The van der Waals surface area contributed by atoms with Gasteiger partial charge >= 0.3 is 0 Å². The summed E-state index contributed by atoms with van der Waals surface area (Å²) in [6.45, 7) is 8.69. The molecule has 0 fully saturated rings. The summed E-state index contributed by atoms with van der Waals surface area (Å²) in [7, 11) is 1.93. The van der Waals surface area contributed by atoms with Crippen molar-refractivity contribution in [3.8, 4) is 34.0 Å². The van der Waals surface area contributed by atoms with Gasteiger partial charge in [-0.05, 0) is 45.9 Å². The number of nitrogens with zero attached hydrogens (tertiary/aromatic N) is 4. The van der Waals surface area contributed by atoms with Gasteiger partial charge in [-0.1, -0.05) is 36.3 Å². The maximum atomic E-state index is 12.7. The normalized spacial score (nSPS) is 11.3. The number of rotatable bonds is 7. The van der Waals surface area contributed by atoms with Crippen LogP contribution in [0.3, 0.4) is 0 Å². The van der Waals surface area contributed by atoms with Crippen molar-refractivity contribution < 1.29 is 4.52 Å². The van der Waals surface area contributed by atoms with Crippen LogP contribution in [0.2, 0.25) is 0 Å². The number of hydrogen-bond acceptors (Lipinski definition) is 6. The minimum absolute atomic E-state index is 0.0390. The molecule has 0 aliphatic carbocycles. The number of aryl methyl sites for hydroxylation is 2. The van der Waals surface area contributed by atoms with E-state index in [9.17, 15) is 4.79 Å². The molecule has 0 saturated carbocycles. The Labute approximate surface area is 193 Å². The first kappa shape index (κ1) is 22.6. The predicted molar refractivity (Wildman–Crippen MR) is 130 cm³/mol. The average Bonchev–Trinajstić information content (AvgIpc) is 3.30. The molecule has 0 radical (unpaired) electrons. The average molecular weight is 444 g/mol. The van der Waals surface area contributed by atoms with Gasteiger partial charge in [0, 0.05) is 41.5 Å². The van der Waals surface area contributed by atoms with Gasteiger partial charge in [-0.25, -0.2) is 4.98 Å². The molecule has 7 heteroatoms. The van der Waals surface area contributed by atoms with Crippen molar-refractivity contribution in [2.45, 2.75) is 46.7 Å². The Kier molecular flexibility index (Phi) is 6.51. The summed E-state index contributed by atoms with van der Waals surface area (Å²) in [5.74, 6) is 0.559. The van der Waals surface area contributed by atoms with Gasteiger partial charge in [0.25, 0.3) is 5.56 Å². The van der Waals surface area contributed by atoms with E-state index in [-0.39, 0.29) is 11.6 Å². The summed E-state index contributed by atoms with van der Waals surface area (Å²) >= 11 is 0. The molecule has 1 aromatic carbocycles. The molecule has 0 spiro atoms. The molecule has 1 N–H and O–H groups in total. The Bertz CT molecular complexity index is 1320. The summed E-state index contributed by atoms with van der Waals surface area (Å²) in [5, 5.41) is 7.40. The summed E-state index contributed by atoms with van der Waals surface area (Å²) in [4.78, 5) is 22.1. The molecule has 0 unspecified atom stereocenters. The van der Waals surface area contributed by atoms with Crippen molar-refractivity contribution in [2.75, 3.05) is 7.05 Å². The topological polar surface area (TPSA) is 85.8 Å². The van der Waals surface area contributed by atoms with E-state index < -0.39 is 0 Å². The van der Waals surface area contributed by atoms with Crippen LogP contribution in [0.4, 0.5) is 0 Å². The SMILES string of the molecule is CCc1cc(-c2cnc(C)c(-c3cc(-c4ccc(CNC)cc4)no3)n2)cn(C(C)C)c1=O. The van der Waals surface area contributed by atoms with Crippen molar-refractivity contribution in [1.29, 1.82) is 0 Å². The molecule has 0 atom stereocenters. The van der Waals surface area contributed by atoms with E-state index in [1.54, 1.807) is 10.8 Å². The van der Waals surface area contributed by atoms with E-state index in [1.165, 1.54) is 5.56 Å². The molecule has 0 aliphatic rings. The largest absolute Gasteiger partial charge is 0.354 e. The second-order valence-electron chi connectivity index (χ2n) is 8.41.